The van der Waals surface area contributed by atoms with E-state index in [1.165, 1.54) is 0 Å². The molecule has 3 atom stereocenters. The largest absolute Gasteiger partial charge is 0.508 e. The van der Waals surface area contributed by atoms with E-state index in [9.17, 15) is 39.8 Å². The number of fused-ring (bicyclic) bond motifs is 1. The Hall–Kier alpha value is -3.02. The highest BCUT2D eigenvalue weighted by molar-refractivity contribution is 7.47. The van der Waals surface area contributed by atoms with Gasteiger partial charge in [0.05, 0.1) is 0 Å². The van der Waals surface area contributed by atoms with Gasteiger partial charge < -0.3 is 35.2 Å². The number of carbonyl (C=O) groups excluding carboxylic acids is 1. The van der Waals surface area contributed by atoms with Gasteiger partial charge in [-0.1, -0.05) is 6.92 Å². The molecule has 0 aliphatic carbocycles. The Bertz CT molecular complexity index is 1030. The third-order valence-electron chi connectivity index (χ3n) is 4.35. The van der Waals surface area contributed by atoms with Crippen LogP contribution in [0.3, 0.4) is 0 Å². The van der Waals surface area contributed by atoms with Crippen molar-refractivity contribution in [3.8, 4) is 34.5 Å². The summed E-state index contributed by atoms with van der Waals surface area (Å²) >= 11 is 0. The molecule has 1 aliphatic rings. The smallest absolute Gasteiger partial charge is 0.474 e. The van der Waals surface area contributed by atoms with Gasteiger partial charge in [-0.2, -0.15) is 0 Å². The Kier molecular flexibility index (Phi) is 6.30. The number of carbonyl (C=O) groups is 1. The molecule has 1 heterocycles. The minimum absolute atomic E-state index is 0.119. The Balaban J connectivity index is 2.07. The number of ether oxygens (including phenoxy) is 1. The maximum atomic E-state index is 13.1. The monoisotopic (exact) mass is 457 g/mol. The number of aromatic hydroxyl groups is 5. The van der Waals surface area contributed by atoms with Crippen molar-refractivity contribution in [2.24, 2.45) is 0 Å². The van der Waals surface area contributed by atoms with Crippen LogP contribution in [0.4, 0.5) is 0 Å². The summed E-state index contributed by atoms with van der Waals surface area (Å²) in [6, 6.07) is 3.78. The lowest BCUT2D eigenvalue weighted by atomic mass is 9.92. The zero-order chi connectivity index (χ0) is 22.9. The lowest BCUT2D eigenvalue weighted by Gasteiger charge is -2.33. The molecule has 168 valence electrons. The number of ketones is 1. The molecule has 1 unspecified atom stereocenters. The third-order valence-corrected chi connectivity index (χ3v) is 5.30. The second kappa shape index (κ2) is 8.61. The first-order chi connectivity index (χ1) is 14.5. The van der Waals surface area contributed by atoms with Crippen LogP contribution in [0.25, 0.3) is 0 Å². The van der Waals surface area contributed by atoms with E-state index in [0.29, 0.717) is 6.54 Å². The third kappa shape index (κ3) is 4.68. The molecule has 2 aromatic carbocycles. The van der Waals surface area contributed by atoms with Gasteiger partial charge in [-0.05, 0) is 18.7 Å². The number of Topliss-reactive ketones (excluding diaryl/α,β-unsaturated/α-hetero) is 1. The summed E-state index contributed by atoms with van der Waals surface area (Å²) in [6.45, 7) is 1.78. The van der Waals surface area contributed by atoms with Crippen LogP contribution in [-0.2, 0) is 13.6 Å². The van der Waals surface area contributed by atoms with Crippen molar-refractivity contribution in [2.45, 2.75) is 19.1 Å². The predicted octanol–water partition coefficient (Wildman–Crippen LogP) is 1.60. The van der Waals surface area contributed by atoms with Crippen LogP contribution in [0.2, 0.25) is 0 Å². The van der Waals surface area contributed by atoms with E-state index in [-0.39, 0.29) is 18.0 Å². The molecule has 31 heavy (non-hydrogen) atoms. The van der Waals surface area contributed by atoms with E-state index in [0.717, 1.165) is 24.3 Å². The van der Waals surface area contributed by atoms with E-state index in [2.05, 4.69) is 5.32 Å². The molecule has 0 saturated heterocycles. The highest BCUT2D eigenvalue weighted by atomic mass is 31.2. The number of rotatable bonds is 7. The Morgan fingerprint density at radius 3 is 2.32 bits per heavy atom. The summed E-state index contributed by atoms with van der Waals surface area (Å²) in [4.78, 5) is 23.1. The van der Waals surface area contributed by atoms with Gasteiger partial charge in [0.25, 0.3) is 0 Å². The molecule has 1 aliphatic heterocycles. The molecule has 0 aromatic heterocycles. The molecule has 13 heteroatoms. The molecule has 12 nitrogen and oxygen atoms in total. The van der Waals surface area contributed by atoms with Crippen molar-refractivity contribution < 1.29 is 53.6 Å². The van der Waals surface area contributed by atoms with Gasteiger partial charge in [0.1, 0.15) is 29.5 Å². The number of hydrogen-bond acceptors (Lipinski definition) is 11. The average molecular weight is 457 g/mol. The van der Waals surface area contributed by atoms with Crippen molar-refractivity contribution in [2.75, 3.05) is 13.3 Å². The summed E-state index contributed by atoms with van der Waals surface area (Å²) in [7, 11) is -4.82. The zero-order valence-corrected chi connectivity index (χ0v) is 16.9. The number of nitrogens with one attached hydrogen (secondary N) is 1. The van der Waals surface area contributed by atoms with Crippen molar-refractivity contribution in [3.05, 3.63) is 35.4 Å². The quantitative estimate of drug-likeness (QED) is 0.137. The maximum Gasteiger partial charge on any atom is 0.474 e. The molecule has 0 bridgehead atoms. The average Bonchev–Trinajstić information content (AvgIpc) is 2.67. The number of phosphoric acid groups is 1. The summed E-state index contributed by atoms with van der Waals surface area (Å²) in [5.74, 6) is -4.71. The number of phenols is 5. The van der Waals surface area contributed by atoms with E-state index >= 15 is 0 Å². The van der Waals surface area contributed by atoms with E-state index in [1.807, 2.05) is 0 Å². The first-order valence-electron chi connectivity index (χ1n) is 8.92. The normalized spacial score (nSPS) is 20.0. The topological polar surface area (TPSA) is 195 Å². The molecule has 0 fully saturated rings. The molecular weight excluding hydrogens is 437 g/mol. The molecule has 0 radical (unpaired) electrons. The summed E-state index contributed by atoms with van der Waals surface area (Å²) in [5, 5.41) is 51.6. The fraction of sp³-hybridized carbons (Fsp3) is 0.278. The van der Waals surface area contributed by atoms with Crippen molar-refractivity contribution in [3.63, 3.8) is 0 Å². The predicted molar refractivity (Wildman–Crippen MR) is 103 cm³/mol. The van der Waals surface area contributed by atoms with Gasteiger partial charge in [0.2, 0.25) is 5.78 Å². The second-order valence-electron chi connectivity index (χ2n) is 6.52. The first-order valence-corrected chi connectivity index (χ1v) is 10.4. The highest BCUT2D eigenvalue weighted by Gasteiger charge is 2.45. The Labute approximate surface area is 175 Å². The van der Waals surface area contributed by atoms with Crippen LogP contribution in [0.15, 0.2) is 24.3 Å². The lowest BCUT2D eigenvalue weighted by molar-refractivity contribution is 0.0126. The second-order valence-corrected chi connectivity index (χ2v) is 7.93. The van der Waals surface area contributed by atoms with Gasteiger partial charge >= 0.3 is 7.82 Å². The lowest BCUT2D eigenvalue weighted by Crippen LogP contribution is -2.38. The Morgan fingerprint density at radius 1 is 1.06 bits per heavy atom. The highest BCUT2D eigenvalue weighted by Crippen LogP contribution is 2.51. The van der Waals surface area contributed by atoms with Crippen molar-refractivity contribution in [1.82, 2.24) is 5.32 Å². The van der Waals surface area contributed by atoms with Crippen LogP contribution < -0.4 is 10.1 Å². The standard InChI is InChI=1S/C18H20NO11P/c1-2-19-7-28-31(26,27)30-18-16(25)14-10(21)5-9(20)6-13(14)29-17(18)8-3-11(22)15(24)12(23)4-8/h3-6,17-24H,2,7H2,1H3,(H,26,27)/t17-,18+/m1/s1. The number of benzene rings is 2. The summed E-state index contributed by atoms with van der Waals surface area (Å²) in [5.41, 5.74) is -0.538. The zero-order valence-electron chi connectivity index (χ0n) is 16.1. The Morgan fingerprint density at radius 2 is 1.71 bits per heavy atom. The SMILES string of the molecule is CCNCOP(=O)(O)O[C@H]1C(=O)c2c(O)cc(O)cc2O[C@@H]1c1cc(O)c(O)c(O)c1. The maximum absolute atomic E-state index is 13.1. The fourth-order valence-corrected chi connectivity index (χ4v) is 3.75. The van der Waals surface area contributed by atoms with Gasteiger partial charge in [0.15, 0.2) is 29.5 Å². The summed E-state index contributed by atoms with van der Waals surface area (Å²) < 4.78 is 27.7. The van der Waals surface area contributed by atoms with Gasteiger partial charge in [-0.15, -0.1) is 0 Å². The van der Waals surface area contributed by atoms with Gasteiger partial charge in [-0.25, -0.2) is 4.57 Å². The molecule has 2 aromatic rings. The first kappa shape index (κ1) is 22.7. The van der Waals surface area contributed by atoms with Crippen LogP contribution in [-0.4, -0.2) is 55.6 Å². The van der Waals surface area contributed by atoms with Crippen LogP contribution in [0.5, 0.6) is 34.5 Å². The fourth-order valence-electron chi connectivity index (χ4n) is 2.94. The van der Waals surface area contributed by atoms with Crippen molar-refractivity contribution in [1.29, 1.82) is 0 Å². The van der Waals surface area contributed by atoms with Gasteiger partial charge in [0, 0.05) is 17.7 Å². The molecular formula is C18H20NO11P. The van der Waals surface area contributed by atoms with Gasteiger partial charge in [-0.3, -0.25) is 19.2 Å². The molecule has 3 rings (SSSR count). The number of phenolic OH excluding ortho intramolecular Hbond substituents is 5. The minimum Gasteiger partial charge on any atom is -0.508 e. The molecule has 0 amide bonds. The van der Waals surface area contributed by atoms with E-state index in [1.54, 1.807) is 6.92 Å². The molecule has 0 saturated carbocycles. The number of phosphoric ester groups is 1. The van der Waals surface area contributed by atoms with Crippen LogP contribution >= 0.6 is 7.82 Å². The van der Waals surface area contributed by atoms with Crippen LogP contribution in [0.1, 0.15) is 28.9 Å². The molecule has 0 spiro atoms. The number of hydrogen-bond donors (Lipinski definition) is 7. The van der Waals surface area contributed by atoms with Crippen LogP contribution in [0, 0.1) is 0 Å². The minimum atomic E-state index is -4.82. The van der Waals surface area contributed by atoms with E-state index < -0.39 is 60.1 Å². The molecule has 7 N–H and O–H groups in total. The van der Waals surface area contributed by atoms with Crippen molar-refractivity contribution >= 4 is 13.6 Å². The summed E-state index contributed by atoms with van der Waals surface area (Å²) in [6.07, 6.45) is -3.41. The van der Waals surface area contributed by atoms with E-state index in [4.69, 9.17) is 13.8 Å².